The molecular weight excluding hydrogens is 262 g/mol. The summed E-state index contributed by atoms with van der Waals surface area (Å²) in [5.74, 6) is 0.730. The van der Waals surface area contributed by atoms with Crippen LogP contribution in [0.4, 0.5) is 5.82 Å². The van der Waals surface area contributed by atoms with Crippen molar-refractivity contribution < 1.29 is 0 Å². The van der Waals surface area contributed by atoms with Crippen LogP contribution in [0.1, 0.15) is 56.9 Å². The van der Waals surface area contributed by atoms with Gasteiger partial charge in [0, 0.05) is 18.6 Å². The van der Waals surface area contributed by atoms with Crippen LogP contribution < -0.4 is 10.6 Å². The second-order valence-corrected chi connectivity index (χ2v) is 5.76. The summed E-state index contributed by atoms with van der Waals surface area (Å²) in [6, 6.07) is 2.67. The lowest BCUT2D eigenvalue weighted by Gasteiger charge is -2.39. The molecule has 21 heavy (non-hydrogen) atoms. The number of piperidine rings is 1. The Morgan fingerprint density at radius 2 is 2.10 bits per heavy atom. The number of hydrogen-bond donors (Lipinski definition) is 1. The Morgan fingerprint density at radius 3 is 2.67 bits per heavy atom. The van der Waals surface area contributed by atoms with E-state index in [2.05, 4.69) is 35.0 Å². The summed E-state index contributed by atoms with van der Waals surface area (Å²) in [6.45, 7) is 7.06. The van der Waals surface area contributed by atoms with Gasteiger partial charge in [0.05, 0.1) is 5.69 Å². The number of hydrogen-bond acceptors (Lipinski definition) is 5. The van der Waals surface area contributed by atoms with E-state index in [-0.39, 0.29) is 12.1 Å². The number of nitrogens with zero attached hydrogens (tertiary/aromatic N) is 4. The van der Waals surface area contributed by atoms with Gasteiger partial charge in [-0.1, -0.05) is 13.8 Å². The van der Waals surface area contributed by atoms with Gasteiger partial charge in [0.2, 0.25) is 0 Å². The van der Waals surface area contributed by atoms with Crippen LogP contribution in [0, 0.1) is 11.3 Å². The lowest BCUT2D eigenvalue weighted by Crippen LogP contribution is -2.50. The molecule has 2 unspecified atom stereocenters. The average molecular weight is 287 g/mol. The number of anilines is 1. The zero-order chi connectivity index (χ0) is 15.4. The van der Waals surface area contributed by atoms with Crippen LogP contribution in [-0.2, 0) is 12.8 Å². The molecular formula is C16H25N5. The van der Waals surface area contributed by atoms with Crippen LogP contribution in [-0.4, -0.2) is 28.8 Å². The lowest BCUT2D eigenvalue weighted by atomic mass is 9.95. The maximum Gasteiger partial charge on any atom is 0.169 e. The Balaban J connectivity index is 2.50. The molecule has 5 heteroatoms. The molecule has 2 atom stereocenters. The van der Waals surface area contributed by atoms with E-state index in [1.54, 1.807) is 0 Å². The van der Waals surface area contributed by atoms with Crippen LogP contribution in [0.15, 0.2) is 0 Å². The maximum absolute atomic E-state index is 9.63. The van der Waals surface area contributed by atoms with Gasteiger partial charge in [-0.2, -0.15) is 10.4 Å². The van der Waals surface area contributed by atoms with E-state index < -0.39 is 0 Å². The molecule has 1 aliphatic rings. The summed E-state index contributed by atoms with van der Waals surface area (Å²) < 4.78 is 0. The van der Waals surface area contributed by atoms with Gasteiger partial charge < -0.3 is 10.6 Å². The third kappa shape index (κ3) is 3.01. The van der Waals surface area contributed by atoms with Crippen LogP contribution in [0.3, 0.4) is 0 Å². The second-order valence-electron chi connectivity index (χ2n) is 5.76. The molecule has 1 aromatic heterocycles. The Morgan fingerprint density at radius 1 is 1.33 bits per heavy atom. The smallest absolute Gasteiger partial charge is 0.169 e. The van der Waals surface area contributed by atoms with Crippen molar-refractivity contribution in [3.05, 3.63) is 16.8 Å². The van der Waals surface area contributed by atoms with Crippen molar-refractivity contribution in [1.29, 1.82) is 5.26 Å². The molecule has 1 saturated heterocycles. The van der Waals surface area contributed by atoms with Gasteiger partial charge in [-0.3, -0.25) is 0 Å². The summed E-state index contributed by atoms with van der Waals surface area (Å²) in [6.07, 6.45) is 4.98. The molecule has 2 heterocycles. The SMILES string of the molecule is CCc1nnc(N2CCCCC2C(C)N)c(C#N)c1CC. The summed E-state index contributed by atoms with van der Waals surface area (Å²) >= 11 is 0. The Kier molecular flexibility index (Phi) is 5.13. The Bertz CT molecular complexity index is 532. The highest BCUT2D eigenvalue weighted by Gasteiger charge is 2.29. The van der Waals surface area contributed by atoms with Gasteiger partial charge in [-0.15, -0.1) is 5.10 Å². The fraction of sp³-hybridized carbons (Fsp3) is 0.688. The summed E-state index contributed by atoms with van der Waals surface area (Å²) in [5.41, 5.74) is 8.81. The molecule has 0 aliphatic carbocycles. The van der Waals surface area contributed by atoms with E-state index in [9.17, 15) is 5.26 Å². The van der Waals surface area contributed by atoms with Crippen molar-refractivity contribution in [2.24, 2.45) is 5.73 Å². The standard InChI is InChI=1S/C16H25N5/c1-4-12-13(10-17)16(20-19-14(12)5-2)21-9-7-6-8-15(21)11(3)18/h11,15H,4-9,18H2,1-3H3. The van der Waals surface area contributed by atoms with Crippen molar-refractivity contribution >= 4 is 5.82 Å². The van der Waals surface area contributed by atoms with Gasteiger partial charge in [-0.25, -0.2) is 0 Å². The van der Waals surface area contributed by atoms with Crippen molar-refractivity contribution in [3.8, 4) is 6.07 Å². The molecule has 0 amide bonds. The predicted molar refractivity (Wildman–Crippen MR) is 84.1 cm³/mol. The fourth-order valence-electron chi connectivity index (χ4n) is 3.25. The molecule has 0 saturated carbocycles. The van der Waals surface area contributed by atoms with E-state index in [0.29, 0.717) is 5.56 Å². The Hall–Kier alpha value is -1.67. The zero-order valence-electron chi connectivity index (χ0n) is 13.3. The van der Waals surface area contributed by atoms with Crippen molar-refractivity contribution in [2.45, 2.75) is 65.0 Å². The zero-order valence-corrected chi connectivity index (χ0v) is 13.3. The van der Waals surface area contributed by atoms with Gasteiger partial charge in [0.1, 0.15) is 11.6 Å². The third-order valence-electron chi connectivity index (χ3n) is 4.37. The number of rotatable bonds is 4. The highest BCUT2D eigenvalue weighted by Crippen LogP contribution is 2.29. The third-order valence-corrected chi connectivity index (χ3v) is 4.37. The first-order valence-electron chi connectivity index (χ1n) is 7.94. The molecule has 1 aliphatic heterocycles. The van der Waals surface area contributed by atoms with Crippen LogP contribution >= 0.6 is 0 Å². The first kappa shape index (κ1) is 15.7. The van der Waals surface area contributed by atoms with Crippen LogP contribution in [0.25, 0.3) is 0 Å². The number of aryl methyl sites for hydroxylation is 1. The highest BCUT2D eigenvalue weighted by molar-refractivity contribution is 5.59. The predicted octanol–water partition coefficient (Wildman–Crippen LogP) is 2.18. The molecule has 0 aromatic carbocycles. The molecule has 0 spiro atoms. The van der Waals surface area contributed by atoms with E-state index in [4.69, 9.17) is 5.73 Å². The Labute approximate surface area is 127 Å². The minimum Gasteiger partial charge on any atom is -0.349 e. The molecule has 2 rings (SSSR count). The lowest BCUT2D eigenvalue weighted by molar-refractivity contribution is 0.409. The number of nitriles is 1. The highest BCUT2D eigenvalue weighted by atomic mass is 15.3. The monoisotopic (exact) mass is 287 g/mol. The second kappa shape index (κ2) is 6.86. The largest absolute Gasteiger partial charge is 0.349 e. The molecule has 0 bridgehead atoms. The quantitative estimate of drug-likeness (QED) is 0.918. The van der Waals surface area contributed by atoms with Gasteiger partial charge in [-0.05, 0) is 44.6 Å². The van der Waals surface area contributed by atoms with Gasteiger partial charge in [0.15, 0.2) is 5.82 Å². The van der Waals surface area contributed by atoms with E-state index in [1.165, 1.54) is 6.42 Å². The first-order valence-corrected chi connectivity index (χ1v) is 7.94. The summed E-state index contributed by atoms with van der Waals surface area (Å²) in [5, 5.41) is 18.4. The van der Waals surface area contributed by atoms with Crippen LogP contribution in [0.2, 0.25) is 0 Å². The van der Waals surface area contributed by atoms with Gasteiger partial charge >= 0.3 is 0 Å². The van der Waals surface area contributed by atoms with Crippen molar-refractivity contribution in [3.63, 3.8) is 0 Å². The topological polar surface area (TPSA) is 78.8 Å². The molecule has 114 valence electrons. The molecule has 5 nitrogen and oxygen atoms in total. The fourth-order valence-corrected chi connectivity index (χ4v) is 3.25. The average Bonchev–Trinajstić information content (AvgIpc) is 2.53. The summed E-state index contributed by atoms with van der Waals surface area (Å²) in [4.78, 5) is 2.21. The minimum atomic E-state index is 0.0644. The van der Waals surface area contributed by atoms with Crippen LogP contribution in [0.5, 0.6) is 0 Å². The van der Waals surface area contributed by atoms with E-state index >= 15 is 0 Å². The molecule has 2 N–H and O–H groups in total. The molecule has 1 fully saturated rings. The maximum atomic E-state index is 9.63. The number of nitrogens with two attached hydrogens (primary N) is 1. The first-order chi connectivity index (χ1) is 10.1. The molecule has 0 radical (unpaired) electrons. The summed E-state index contributed by atoms with van der Waals surface area (Å²) in [7, 11) is 0. The van der Waals surface area contributed by atoms with E-state index in [1.807, 2.05) is 6.92 Å². The molecule has 1 aromatic rings. The minimum absolute atomic E-state index is 0.0644. The van der Waals surface area contributed by atoms with Crippen molar-refractivity contribution in [1.82, 2.24) is 10.2 Å². The number of aromatic nitrogens is 2. The normalized spacial score (nSPS) is 20.1. The van der Waals surface area contributed by atoms with Crippen molar-refractivity contribution in [2.75, 3.05) is 11.4 Å². The van der Waals surface area contributed by atoms with E-state index in [0.717, 1.165) is 49.3 Å². The van der Waals surface area contributed by atoms with Gasteiger partial charge in [0.25, 0.3) is 0 Å².